The van der Waals surface area contributed by atoms with E-state index >= 15 is 0 Å². The molecular formula is C12H10N2O. The molecule has 0 bridgehead atoms. The van der Waals surface area contributed by atoms with E-state index in [1.54, 1.807) is 12.4 Å². The highest BCUT2D eigenvalue weighted by atomic mass is 16.4. The summed E-state index contributed by atoms with van der Waals surface area (Å²) >= 11 is 0. The molecule has 0 aliphatic heterocycles. The Balaban J connectivity index is 2.41. The van der Waals surface area contributed by atoms with E-state index in [1.165, 1.54) is 6.21 Å². The lowest BCUT2D eigenvalue weighted by Gasteiger charge is -2.00. The lowest BCUT2D eigenvalue weighted by Crippen LogP contribution is -1.86. The molecule has 0 aliphatic carbocycles. The molecule has 1 heterocycles. The van der Waals surface area contributed by atoms with Crippen LogP contribution in [0.4, 0.5) is 0 Å². The maximum absolute atomic E-state index is 8.42. The number of benzene rings is 1. The molecule has 15 heavy (non-hydrogen) atoms. The largest absolute Gasteiger partial charge is 0.411 e. The molecule has 1 N–H and O–H groups in total. The van der Waals surface area contributed by atoms with Gasteiger partial charge in [-0.25, -0.2) is 0 Å². The van der Waals surface area contributed by atoms with Crippen molar-refractivity contribution in [1.29, 1.82) is 0 Å². The van der Waals surface area contributed by atoms with E-state index < -0.39 is 0 Å². The van der Waals surface area contributed by atoms with Crippen LogP contribution < -0.4 is 0 Å². The number of nitrogens with zero attached hydrogens (tertiary/aromatic N) is 2. The second-order valence-electron chi connectivity index (χ2n) is 3.12. The van der Waals surface area contributed by atoms with Crippen LogP contribution in [-0.2, 0) is 0 Å². The molecule has 0 aliphatic rings. The van der Waals surface area contributed by atoms with Crippen molar-refractivity contribution in [3.63, 3.8) is 0 Å². The SMILES string of the molecule is O/N=C/c1cncc(-c2ccccc2)c1. The van der Waals surface area contributed by atoms with Gasteiger partial charge in [-0.15, -0.1) is 0 Å². The summed E-state index contributed by atoms with van der Waals surface area (Å²) in [6.07, 6.45) is 4.79. The lowest BCUT2D eigenvalue weighted by molar-refractivity contribution is 0.322. The van der Waals surface area contributed by atoms with Gasteiger partial charge >= 0.3 is 0 Å². The third kappa shape index (κ3) is 2.20. The summed E-state index contributed by atoms with van der Waals surface area (Å²) in [7, 11) is 0. The number of hydrogen-bond acceptors (Lipinski definition) is 3. The summed E-state index contributed by atoms with van der Waals surface area (Å²) in [6.45, 7) is 0. The molecule has 3 nitrogen and oxygen atoms in total. The topological polar surface area (TPSA) is 45.5 Å². The molecule has 2 aromatic rings. The predicted octanol–water partition coefficient (Wildman–Crippen LogP) is 2.56. The highest BCUT2D eigenvalue weighted by molar-refractivity contribution is 5.81. The van der Waals surface area contributed by atoms with Crippen LogP contribution >= 0.6 is 0 Å². The molecule has 3 heteroatoms. The Labute approximate surface area is 87.7 Å². The quantitative estimate of drug-likeness (QED) is 0.458. The second kappa shape index (κ2) is 4.37. The Hall–Kier alpha value is -2.16. The van der Waals surface area contributed by atoms with Gasteiger partial charge < -0.3 is 5.21 Å². The molecule has 0 saturated carbocycles. The van der Waals surface area contributed by atoms with Crippen molar-refractivity contribution in [3.8, 4) is 11.1 Å². The lowest BCUT2D eigenvalue weighted by atomic mass is 10.1. The third-order valence-electron chi connectivity index (χ3n) is 2.07. The van der Waals surface area contributed by atoms with E-state index in [9.17, 15) is 0 Å². The van der Waals surface area contributed by atoms with Crippen LogP contribution in [0, 0.1) is 0 Å². The van der Waals surface area contributed by atoms with Gasteiger partial charge in [-0.1, -0.05) is 35.5 Å². The molecule has 2 rings (SSSR count). The highest BCUT2D eigenvalue weighted by Crippen LogP contribution is 2.17. The van der Waals surface area contributed by atoms with E-state index in [0.29, 0.717) is 0 Å². The molecule has 0 spiro atoms. The summed E-state index contributed by atoms with van der Waals surface area (Å²) in [5.41, 5.74) is 2.88. The van der Waals surface area contributed by atoms with Crippen molar-refractivity contribution < 1.29 is 5.21 Å². The van der Waals surface area contributed by atoms with Crippen molar-refractivity contribution in [2.45, 2.75) is 0 Å². The Morgan fingerprint density at radius 3 is 2.60 bits per heavy atom. The van der Waals surface area contributed by atoms with Crippen molar-refractivity contribution in [1.82, 2.24) is 4.98 Å². The maximum atomic E-state index is 8.42. The van der Waals surface area contributed by atoms with Gasteiger partial charge in [0.15, 0.2) is 0 Å². The standard InChI is InChI=1S/C12H10N2O/c15-14-8-10-6-12(9-13-7-10)11-4-2-1-3-5-11/h1-9,15H/b14-8+. The van der Waals surface area contributed by atoms with Crippen LogP contribution in [0.2, 0.25) is 0 Å². The van der Waals surface area contributed by atoms with E-state index in [4.69, 9.17) is 5.21 Å². The molecule has 74 valence electrons. The zero-order valence-electron chi connectivity index (χ0n) is 8.04. The Morgan fingerprint density at radius 1 is 1.07 bits per heavy atom. The van der Waals surface area contributed by atoms with Crippen molar-refractivity contribution >= 4 is 6.21 Å². The van der Waals surface area contributed by atoms with Gasteiger partial charge in [0, 0.05) is 23.5 Å². The first-order valence-corrected chi connectivity index (χ1v) is 4.58. The van der Waals surface area contributed by atoms with E-state index in [-0.39, 0.29) is 0 Å². The van der Waals surface area contributed by atoms with Crippen LogP contribution in [0.1, 0.15) is 5.56 Å². The average molecular weight is 198 g/mol. The Morgan fingerprint density at radius 2 is 1.87 bits per heavy atom. The first-order chi connectivity index (χ1) is 7.40. The number of rotatable bonds is 2. The monoisotopic (exact) mass is 198 g/mol. The van der Waals surface area contributed by atoms with Gasteiger partial charge in [-0.2, -0.15) is 0 Å². The van der Waals surface area contributed by atoms with Gasteiger partial charge in [-0.05, 0) is 11.6 Å². The number of oxime groups is 1. The molecule has 0 fully saturated rings. The summed E-state index contributed by atoms with van der Waals surface area (Å²) in [5, 5.41) is 11.4. The molecule has 1 aromatic heterocycles. The fourth-order valence-corrected chi connectivity index (χ4v) is 1.38. The highest BCUT2D eigenvalue weighted by Gasteiger charge is 1.97. The Bertz CT molecular complexity index is 466. The predicted molar refractivity (Wildman–Crippen MR) is 59.1 cm³/mol. The molecule has 1 aromatic carbocycles. The minimum atomic E-state index is 0.777. The number of aromatic nitrogens is 1. The molecule has 0 saturated heterocycles. The van der Waals surface area contributed by atoms with Gasteiger partial charge in [-0.3, -0.25) is 4.98 Å². The molecule has 0 amide bonds. The summed E-state index contributed by atoms with van der Waals surface area (Å²) in [4.78, 5) is 4.08. The molecular weight excluding hydrogens is 188 g/mol. The summed E-state index contributed by atoms with van der Waals surface area (Å²) in [5.74, 6) is 0. The smallest absolute Gasteiger partial charge is 0.0749 e. The molecule has 0 radical (unpaired) electrons. The zero-order chi connectivity index (χ0) is 10.5. The normalized spacial score (nSPS) is 10.7. The summed E-state index contributed by atoms with van der Waals surface area (Å²) in [6, 6.07) is 11.9. The minimum absolute atomic E-state index is 0.777. The zero-order valence-corrected chi connectivity index (χ0v) is 8.04. The van der Waals surface area contributed by atoms with Gasteiger partial charge in [0.25, 0.3) is 0 Å². The molecule has 0 atom stereocenters. The summed E-state index contributed by atoms with van der Waals surface area (Å²) < 4.78 is 0. The van der Waals surface area contributed by atoms with Gasteiger partial charge in [0.2, 0.25) is 0 Å². The second-order valence-corrected chi connectivity index (χ2v) is 3.12. The van der Waals surface area contributed by atoms with Gasteiger partial charge in [0.1, 0.15) is 0 Å². The fourth-order valence-electron chi connectivity index (χ4n) is 1.38. The van der Waals surface area contributed by atoms with Crippen molar-refractivity contribution in [2.75, 3.05) is 0 Å². The van der Waals surface area contributed by atoms with E-state index in [0.717, 1.165) is 16.7 Å². The van der Waals surface area contributed by atoms with Crippen LogP contribution in [0.25, 0.3) is 11.1 Å². The number of hydrogen-bond donors (Lipinski definition) is 1. The average Bonchev–Trinajstić information content (AvgIpc) is 2.31. The van der Waals surface area contributed by atoms with Crippen LogP contribution in [0.3, 0.4) is 0 Å². The van der Waals surface area contributed by atoms with Crippen molar-refractivity contribution in [2.24, 2.45) is 5.16 Å². The number of pyridine rings is 1. The minimum Gasteiger partial charge on any atom is -0.411 e. The fraction of sp³-hybridized carbons (Fsp3) is 0. The van der Waals surface area contributed by atoms with Crippen LogP contribution in [0.5, 0.6) is 0 Å². The maximum Gasteiger partial charge on any atom is 0.0749 e. The van der Waals surface area contributed by atoms with E-state index in [2.05, 4.69) is 10.1 Å². The van der Waals surface area contributed by atoms with Crippen molar-refractivity contribution in [3.05, 3.63) is 54.4 Å². The van der Waals surface area contributed by atoms with Gasteiger partial charge in [0.05, 0.1) is 6.21 Å². The van der Waals surface area contributed by atoms with E-state index in [1.807, 2.05) is 36.4 Å². The molecule has 0 unspecified atom stereocenters. The Kier molecular flexibility index (Phi) is 2.74. The first kappa shape index (κ1) is 9.40. The third-order valence-corrected chi connectivity index (χ3v) is 2.07. The van der Waals surface area contributed by atoms with Crippen LogP contribution in [0.15, 0.2) is 53.9 Å². The van der Waals surface area contributed by atoms with Crippen LogP contribution in [-0.4, -0.2) is 16.4 Å². The first-order valence-electron chi connectivity index (χ1n) is 4.58.